The number of anilines is 1. The summed E-state index contributed by atoms with van der Waals surface area (Å²) in [7, 11) is 0. The fourth-order valence-electron chi connectivity index (χ4n) is 1.94. The molecule has 0 fully saturated rings. The predicted octanol–water partition coefficient (Wildman–Crippen LogP) is 4.73. The van der Waals surface area contributed by atoms with E-state index in [-0.39, 0.29) is 0 Å². The smallest absolute Gasteiger partial charge is 0.103 e. The Labute approximate surface area is 119 Å². The number of benzene rings is 1. The molecule has 0 saturated heterocycles. The van der Waals surface area contributed by atoms with Crippen LogP contribution in [0.3, 0.4) is 0 Å². The van der Waals surface area contributed by atoms with Gasteiger partial charge < -0.3 is 4.90 Å². The molecular weight excluding hydrogens is 288 g/mol. The van der Waals surface area contributed by atoms with E-state index >= 15 is 0 Å². The Balaban J connectivity index is 2.96. The molecule has 1 aromatic carbocycles. The number of nitrogens with zero attached hydrogens (tertiary/aromatic N) is 2. The molecule has 98 valence electrons. The van der Waals surface area contributed by atoms with Crippen LogP contribution in [0.4, 0.5) is 5.69 Å². The molecule has 1 aromatic rings. The van der Waals surface area contributed by atoms with E-state index in [0.29, 0.717) is 0 Å². The van der Waals surface area contributed by atoms with Gasteiger partial charge in [-0.1, -0.05) is 32.8 Å². The van der Waals surface area contributed by atoms with Crippen LogP contribution >= 0.6 is 15.9 Å². The van der Waals surface area contributed by atoms with Crippen molar-refractivity contribution in [1.29, 1.82) is 5.26 Å². The van der Waals surface area contributed by atoms with Gasteiger partial charge in [-0.05, 0) is 40.9 Å². The van der Waals surface area contributed by atoms with Crippen molar-refractivity contribution in [3.8, 4) is 6.07 Å². The summed E-state index contributed by atoms with van der Waals surface area (Å²) in [5, 5.41) is 9.29. The molecule has 1 rings (SSSR count). The van der Waals surface area contributed by atoms with Crippen molar-refractivity contribution in [1.82, 2.24) is 0 Å². The fraction of sp³-hybridized carbons (Fsp3) is 0.533. The molecular formula is C15H21BrN2. The van der Waals surface area contributed by atoms with Crippen molar-refractivity contribution in [2.75, 3.05) is 18.0 Å². The van der Waals surface area contributed by atoms with Crippen molar-refractivity contribution in [2.45, 2.75) is 39.5 Å². The maximum absolute atomic E-state index is 9.29. The molecule has 0 aromatic heterocycles. The lowest BCUT2D eigenvalue weighted by molar-refractivity contribution is 0.677. The molecule has 0 heterocycles. The molecule has 0 amide bonds. The first-order valence-corrected chi connectivity index (χ1v) is 7.47. The zero-order valence-corrected chi connectivity index (χ0v) is 12.8. The predicted molar refractivity (Wildman–Crippen MR) is 80.9 cm³/mol. The van der Waals surface area contributed by atoms with Gasteiger partial charge in [-0.25, -0.2) is 0 Å². The van der Waals surface area contributed by atoms with Crippen LogP contribution in [0.5, 0.6) is 0 Å². The van der Waals surface area contributed by atoms with Gasteiger partial charge in [0.2, 0.25) is 0 Å². The minimum absolute atomic E-state index is 0.754. The van der Waals surface area contributed by atoms with Crippen LogP contribution in [0.25, 0.3) is 0 Å². The maximum Gasteiger partial charge on any atom is 0.103 e. The number of unbranched alkanes of at least 4 members (excludes halogenated alkanes) is 2. The Morgan fingerprint density at radius 2 is 1.78 bits per heavy atom. The van der Waals surface area contributed by atoms with Crippen LogP contribution in [0.2, 0.25) is 0 Å². The molecule has 0 N–H and O–H groups in total. The molecule has 0 atom stereocenters. The third-order valence-electron chi connectivity index (χ3n) is 3.01. The SMILES string of the molecule is CCCCN(CCCC)c1cccc(Br)c1C#N. The summed E-state index contributed by atoms with van der Waals surface area (Å²) in [6.07, 6.45) is 4.69. The molecule has 2 nitrogen and oxygen atoms in total. The van der Waals surface area contributed by atoms with Gasteiger partial charge in [-0.15, -0.1) is 0 Å². The van der Waals surface area contributed by atoms with Gasteiger partial charge in [-0.2, -0.15) is 5.26 Å². The Bertz CT molecular complexity index is 401. The van der Waals surface area contributed by atoms with Gasteiger partial charge in [0, 0.05) is 17.6 Å². The topological polar surface area (TPSA) is 27.0 Å². The zero-order chi connectivity index (χ0) is 13.4. The minimum atomic E-state index is 0.754. The summed E-state index contributed by atoms with van der Waals surface area (Å²) in [4.78, 5) is 2.34. The second kappa shape index (κ2) is 8.16. The summed E-state index contributed by atoms with van der Waals surface area (Å²) < 4.78 is 0.889. The van der Waals surface area contributed by atoms with E-state index in [4.69, 9.17) is 0 Å². The summed E-state index contributed by atoms with van der Waals surface area (Å²) >= 11 is 3.46. The van der Waals surface area contributed by atoms with E-state index in [1.807, 2.05) is 12.1 Å². The first kappa shape index (κ1) is 15.0. The van der Waals surface area contributed by atoms with Crippen LogP contribution in [0.15, 0.2) is 22.7 Å². The summed E-state index contributed by atoms with van der Waals surface area (Å²) in [5.41, 5.74) is 1.82. The molecule has 0 aliphatic carbocycles. The highest BCUT2D eigenvalue weighted by molar-refractivity contribution is 9.10. The normalized spacial score (nSPS) is 10.1. The van der Waals surface area contributed by atoms with Crippen molar-refractivity contribution >= 4 is 21.6 Å². The van der Waals surface area contributed by atoms with Gasteiger partial charge >= 0.3 is 0 Å². The van der Waals surface area contributed by atoms with E-state index in [1.165, 1.54) is 25.7 Å². The van der Waals surface area contributed by atoms with Crippen LogP contribution in [-0.4, -0.2) is 13.1 Å². The highest BCUT2D eigenvalue weighted by Gasteiger charge is 2.12. The molecule has 0 aliphatic rings. The second-order valence-electron chi connectivity index (χ2n) is 4.44. The maximum atomic E-state index is 9.29. The lowest BCUT2D eigenvalue weighted by Gasteiger charge is -2.26. The standard InChI is InChI=1S/C15H21BrN2/c1-3-5-10-18(11-6-4-2)15-9-7-8-14(16)13(15)12-17/h7-9H,3-6,10-11H2,1-2H3. The van der Waals surface area contributed by atoms with Crippen molar-refractivity contribution < 1.29 is 0 Å². The number of hydrogen-bond donors (Lipinski definition) is 0. The molecule has 0 unspecified atom stereocenters. The van der Waals surface area contributed by atoms with Crippen LogP contribution in [-0.2, 0) is 0 Å². The van der Waals surface area contributed by atoms with Gasteiger partial charge in [0.25, 0.3) is 0 Å². The molecule has 0 aliphatic heterocycles. The summed E-state index contributed by atoms with van der Waals surface area (Å²) in [6, 6.07) is 8.29. The largest absolute Gasteiger partial charge is 0.370 e. The molecule has 0 radical (unpaired) electrons. The monoisotopic (exact) mass is 308 g/mol. The van der Waals surface area contributed by atoms with E-state index < -0.39 is 0 Å². The third kappa shape index (κ3) is 4.03. The van der Waals surface area contributed by atoms with Gasteiger partial charge in [0.15, 0.2) is 0 Å². The third-order valence-corrected chi connectivity index (χ3v) is 3.67. The number of rotatable bonds is 7. The lowest BCUT2D eigenvalue weighted by Crippen LogP contribution is -2.26. The average Bonchev–Trinajstić information content (AvgIpc) is 2.39. The van der Waals surface area contributed by atoms with E-state index in [9.17, 15) is 5.26 Å². The second-order valence-corrected chi connectivity index (χ2v) is 5.29. The average molecular weight is 309 g/mol. The molecule has 18 heavy (non-hydrogen) atoms. The highest BCUT2D eigenvalue weighted by Crippen LogP contribution is 2.27. The number of nitriles is 1. The summed E-state index contributed by atoms with van der Waals surface area (Å²) in [6.45, 7) is 6.46. The Morgan fingerprint density at radius 3 is 2.28 bits per heavy atom. The molecule has 0 bridgehead atoms. The Hall–Kier alpha value is -1.01. The van der Waals surface area contributed by atoms with Gasteiger partial charge in [-0.3, -0.25) is 0 Å². The fourth-order valence-corrected chi connectivity index (χ4v) is 2.38. The quantitative estimate of drug-likeness (QED) is 0.728. The van der Waals surface area contributed by atoms with Gasteiger partial charge in [0.1, 0.15) is 6.07 Å². The molecule has 3 heteroatoms. The lowest BCUT2D eigenvalue weighted by atomic mass is 10.1. The van der Waals surface area contributed by atoms with Crippen LogP contribution in [0, 0.1) is 11.3 Å². The van der Waals surface area contributed by atoms with Crippen molar-refractivity contribution in [3.05, 3.63) is 28.2 Å². The molecule has 0 saturated carbocycles. The van der Waals surface area contributed by atoms with E-state index in [2.05, 4.69) is 46.8 Å². The number of halogens is 1. The first-order chi connectivity index (χ1) is 8.74. The Morgan fingerprint density at radius 1 is 1.17 bits per heavy atom. The highest BCUT2D eigenvalue weighted by atomic mass is 79.9. The van der Waals surface area contributed by atoms with E-state index in [0.717, 1.165) is 28.8 Å². The van der Waals surface area contributed by atoms with Crippen molar-refractivity contribution in [2.24, 2.45) is 0 Å². The van der Waals surface area contributed by atoms with E-state index in [1.54, 1.807) is 0 Å². The Kier molecular flexibility index (Phi) is 6.82. The first-order valence-electron chi connectivity index (χ1n) is 6.68. The van der Waals surface area contributed by atoms with Crippen LogP contribution in [0.1, 0.15) is 45.1 Å². The minimum Gasteiger partial charge on any atom is -0.370 e. The van der Waals surface area contributed by atoms with Crippen LogP contribution < -0.4 is 4.90 Å². The zero-order valence-electron chi connectivity index (χ0n) is 11.2. The van der Waals surface area contributed by atoms with Crippen molar-refractivity contribution in [3.63, 3.8) is 0 Å². The number of hydrogen-bond acceptors (Lipinski definition) is 2. The molecule has 0 spiro atoms. The summed E-state index contributed by atoms with van der Waals surface area (Å²) in [5.74, 6) is 0. The van der Waals surface area contributed by atoms with Gasteiger partial charge in [0.05, 0.1) is 11.3 Å².